The highest BCUT2D eigenvalue weighted by Crippen LogP contribution is 2.39. The minimum atomic E-state index is -0.000936. The summed E-state index contributed by atoms with van der Waals surface area (Å²) in [5, 5.41) is 8.37. The fourth-order valence-electron chi connectivity index (χ4n) is 2.39. The summed E-state index contributed by atoms with van der Waals surface area (Å²) >= 11 is 1.93. The first-order valence-corrected chi connectivity index (χ1v) is 7.63. The molecule has 2 N–H and O–H groups in total. The zero-order valence-electron chi connectivity index (χ0n) is 11.0. The monoisotopic (exact) mass is 274 g/mol. The van der Waals surface area contributed by atoms with Crippen LogP contribution in [0.25, 0.3) is 0 Å². The average molecular weight is 274 g/mol. The van der Waals surface area contributed by atoms with Gasteiger partial charge in [0.25, 0.3) is 0 Å². The van der Waals surface area contributed by atoms with Gasteiger partial charge in [0.2, 0.25) is 0 Å². The Morgan fingerprint density at radius 2 is 2.32 bits per heavy atom. The van der Waals surface area contributed by atoms with Gasteiger partial charge in [0.15, 0.2) is 0 Å². The number of rotatable bonds is 4. The summed E-state index contributed by atoms with van der Waals surface area (Å²) in [6.07, 6.45) is 2.88. The molecule has 0 spiro atoms. The molecule has 0 radical (unpaired) electrons. The molecular formula is C14H18N4S. The van der Waals surface area contributed by atoms with Gasteiger partial charge in [0, 0.05) is 16.6 Å². The summed E-state index contributed by atoms with van der Waals surface area (Å²) < 4.78 is 1.93. The number of fused-ring (bicyclic) bond motifs is 1. The summed E-state index contributed by atoms with van der Waals surface area (Å²) in [7, 11) is 0. The smallest absolute Gasteiger partial charge is 0.0993 e. The SMILES string of the molecule is CCC(N)c1cn(CC2CSc3ccccc32)nn1. The largest absolute Gasteiger partial charge is 0.323 e. The fraction of sp³-hybridized carbons (Fsp3) is 0.429. The van der Waals surface area contributed by atoms with Crippen molar-refractivity contribution >= 4 is 11.8 Å². The van der Waals surface area contributed by atoms with Crippen LogP contribution in [0.5, 0.6) is 0 Å². The molecule has 2 aromatic rings. The van der Waals surface area contributed by atoms with Gasteiger partial charge < -0.3 is 5.73 Å². The Morgan fingerprint density at radius 3 is 3.16 bits per heavy atom. The molecule has 1 aliphatic heterocycles. The summed E-state index contributed by atoms with van der Waals surface area (Å²) in [5.41, 5.74) is 8.30. The minimum absolute atomic E-state index is 0.000936. The maximum Gasteiger partial charge on any atom is 0.0993 e. The number of nitrogens with two attached hydrogens (primary N) is 1. The normalized spacial score (nSPS) is 19.4. The van der Waals surface area contributed by atoms with Crippen LogP contribution in [-0.2, 0) is 6.54 Å². The molecule has 0 amide bonds. The third-order valence-corrected chi connectivity index (χ3v) is 4.83. The van der Waals surface area contributed by atoms with Crippen molar-refractivity contribution < 1.29 is 0 Å². The van der Waals surface area contributed by atoms with E-state index in [0.717, 1.165) is 24.4 Å². The van der Waals surface area contributed by atoms with Gasteiger partial charge in [-0.2, -0.15) is 0 Å². The van der Waals surface area contributed by atoms with Gasteiger partial charge in [0.1, 0.15) is 0 Å². The third kappa shape index (κ3) is 2.53. The first kappa shape index (κ1) is 12.7. The molecule has 2 heterocycles. The molecule has 19 heavy (non-hydrogen) atoms. The van der Waals surface area contributed by atoms with Crippen LogP contribution in [0.3, 0.4) is 0 Å². The lowest BCUT2D eigenvalue weighted by Gasteiger charge is -2.09. The van der Waals surface area contributed by atoms with Crippen molar-refractivity contribution in [1.29, 1.82) is 0 Å². The number of nitrogens with zero attached hydrogens (tertiary/aromatic N) is 3. The van der Waals surface area contributed by atoms with Gasteiger partial charge in [-0.3, -0.25) is 4.68 Å². The highest BCUT2D eigenvalue weighted by atomic mass is 32.2. The van der Waals surface area contributed by atoms with E-state index in [0.29, 0.717) is 5.92 Å². The molecule has 0 saturated heterocycles. The number of aromatic nitrogens is 3. The Kier molecular flexibility index (Phi) is 3.57. The van der Waals surface area contributed by atoms with Crippen LogP contribution in [0.2, 0.25) is 0 Å². The number of benzene rings is 1. The molecule has 0 saturated carbocycles. The summed E-state index contributed by atoms with van der Waals surface area (Å²) in [6.45, 7) is 2.95. The Labute approximate surface area is 117 Å². The van der Waals surface area contributed by atoms with Crippen molar-refractivity contribution in [2.75, 3.05) is 5.75 Å². The van der Waals surface area contributed by atoms with Crippen molar-refractivity contribution in [1.82, 2.24) is 15.0 Å². The van der Waals surface area contributed by atoms with Gasteiger partial charge in [-0.15, -0.1) is 16.9 Å². The maximum absolute atomic E-state index is 5.97. The molecule has 100 valence electrons. The third-order valence-electron chi connectivity index (χ3n) is 3.58. The van der Waals surface area contributed by atoms with Crippen molar-refractivity contribution in [3.63, 3.8) is 0 Å². The van der Waals surface area contributed by atoms with E-state index in [1.54, 1.807) is 0 Å². The van der Waals surface area contributed by atoms with E-state index in [-0.39, 0.29) is 6.04 Å². The van der Waals surface area contributed by atoms with Crippen molar-refractivity contribution in [2.45, 2.75) is 36.7 Å². The zero-order chi connectivity index (χ0) is 13.2. The van der Waals surface area contributed by atoms with Crippen molar-refractivity contribution in [2.24, 2.45) is 5.73 Å². The maximum atomic E-state index is 5.97. The van der Waals surface area contributed by atoms with Crippen LogP contribution < -0.4 is 5.73 Å². The van der Waals surface area contributed by atoms with Crippen LogP contribution in [0.4, 0.5) is 0 Å². The van der Waals surface area contributed by atoms with Crippen molar-refractivity contribution in [3.05, 3.63) is 41.7 Å². The van der Waals surface area contributed by atoms with Crippen LogP contribution in [0, 0.1) is 0 Å². The molecule has 4 nitrogen and oxygen atoms in total. The van der Waals surface area contributed by atoms with Gasteiger partial charge in [-0.25, -0.2) is 0 Å². The van der Waals surface area contributed by atoms with Crippen LogP contribution in [0.15, 0.2) is 35.4 Å². The minimum Gasteiger partial charge on any atom is -0.323 e. The van der Waals surface area contributed by atoms with Crippen LogP contribution in [0.1, 0.15) is 36.6 Å². The quantitative estimate of drug-likeness (QED) is 0.931. The summed E-state index contributed by atoms with van der Waals surface area (Å²) in [5.74, 6) is 1.64. The second kappa shape index (κ2) is 5.35. The predicted octanol–water partition coefficient (Wildman–Crippen LogP) is 2.58. The number of thioether (sulfide) groups is 1. The standard InChI is InChI=1S/C14H18N4S/c1-2-12(15)13-8-18(17-16-13)7-10-9-19-14-6-4-3-5-11(10)14/h3-6,8,10,12H,2,7,9,15H2,1H3. The number of hydrogen-bond donors (Lipinski definition) is 1. The Bertz CT molecular complexity index is 566. The molecule has 0 fully saturated rings. The van der Waals surface area contributed by atoms with Gasteiger partial charge >= 0.3 is 0 Å². The summed E-state index contributed by atoms with van der Waals surface area (Å²) in [6, 6.07) is 8.62. The van der Waals surface area contributed by atoms with E-state index in [1.165, 1.54) is 10.5 Å². The molecule has 0 bridgehead atoms. The molecular weight excluding hydrogens is 256 g/mol. The van der Waals surface area contributed by atoms with Crippen LogP contribution in [-0.4, -0.2) is 20.7 Å². The summed E-state index contributed by atoms with van der Waals surface area (Å²) in [4.78, 5) is 1.40. The highest BCUT2D eigenvalue weighted by Gasteiger charge is 2.23. The van der Waals surface area contributed by atoms with E-state index in [4.69, 9.17) is 5.73 Å². The molecule has 1 aromatic heterocycles. The molecule has 1 aromatic carbocycles. The first-order valence-electron chi connectivity index (χ1n) is 6.65. The Balaban J connectivity index is 1.74. The van der Waals surface area contributed by atoms with Gasteiger partial charge in [0.05, 0.1) is 24.5 Å². The Hall–Kier alpha value is -1.33. The first-order chi connectivity index (χ1) is 9.28. The molecule has 2 unspecified atom stereocenters. The molecule has 5 heteroatoms. The second-order valence-corrected chi connectivity index (χ2v) is 5.99. The number of hydrogen-bond acceptors (Lipinski definition) is 4. The topological polar surface area (TPSA) is 56.7 Å². The lowest BCUT2D eigenvalue weighted by atomic mass is 10.0. The van der Waals surface area contributed by atoms with Gasteiger partial charge in [-0.1, -0.05) is 30.3 Å². The average Bonchev–Trinajstić information content (AvgIpc) is 3.06. The van der Waals surface area contributed by atoms with E-state index in [9.17, 15) is 0 Å². The Morgan fingerprint density at radius 1 is 1.47 bits per heavy atom. The highest BCUT2D eigenvalue weighted by molar-refractivity contribution is 7.99. The zero-order valence-corrected chi connectivity index (χ0v) is 11.8. The molecule has 3 rings (SSSR count). The van der Waals surface area contributed by atoms with Crippen LogP contribution >= 0.6 is 11.8 Å². The fourth-order valence-corrected chi connectivity index (χ4v) is 3.63. The molecule has 0 aliphatic carbocycles. The van der Waals surface area contributed by atoms with E-state index < -0.39 is 0 Å². The van der Waals surface area contributed by atoms with E-state index >= 15 is 0 Å². The lowest BCUT2D eigenvalue weighted by Crippen LogP contribution is -2.10. The van der Waals surface area contributed by atoms with E-state index in [1.807, 2.05) is 22.6 Å². The molecule has 2 atom stereocenters. The lowest BCUT2D eigenvalue weighted by molar-refractivity contribution is 0.532. The van der Waals surface area contributed by atoms with Crippen molar-refractivity contribution in [3.8, 4) is 0 Å². The second-order valence-electron chi connectivity index (χ2n) is 4.93. The van der Waals surface area contributed by atoms with E-state index in [2.05, 4.69) is 41.5 Å². The van der Waals surface area contributed by atoms with Gasteiger partial charge in [-0.05, 0) is 18.1 Å². The molecule has 1 aliphatic rings. The predicted molar refractivity (Wildman–Crippen MR) is 77.1 cm³/mol.